The molecule has 1 fully saturated rings. The molecule has 0 unspecified atom stereocenters. The Labute approximate surface area is 145 Å². The summed E-state index contributed by atoms with van der Waals surface area (Å²) >= 11 is 1.81. The molecule has 126 valence electrons. The van der Waals surface area contributed by atoms with E-state index in [2.05, 4.69) is 63.4 Å². The van der Waals surface area contributed by atoms with Crippen molar-refractivity contribution in [3.8, 4) is 0 Å². The number of fused-ring (bicyclic) bond motifs is 1. The molecule has 0 N–H and O–H groups in total. The number of anilines is 1. The Morgan fingerprint density at radius 1 is 1.17 bits per heavy atom. The molecule has 0 aliphatic carbocycles. The van der Waals surface area contributed by atoms with E-state index in [0.717, 1.165) is 44.4 Å². The lowest BCUT2D eigenvalue weighted by atomic mass is 10.2. The molecule has 0 saturated carbocycles. The highest BCUT2D eigenvalue weighted by Gasteiger charge is 2.21. The van der Waals surface area contributed by atoms with Crippen LogP contribution < -0.4 is 4.90 Å². The summed E-state index contributed by atoms with van der Waals surface area (Å²) in [5.41, 5.74) is 1.35. The third-order valence-electron chi connectivity index (χ3n) is 4.54. The largest absolute Gasteiger partial charge is 0.368 e. The van der Waals surface area contributed by atoms with Crippen molar-refractivity contribution in [2.75, 3.05) is 31.1 Å². The van der Waals surface area contributed by atoms with E-state index in [-0.39, 0.29) is 0 Å². The Bertz CT molecular complexity index is 817. The van der Waals surface area contributed by atoms with Crippen LogP contribution in [0.4, 0.5) is 5.69 Å². The summed E-state index contributed by atoms with van der Waals surface area (Å²) < 4.78 is 6.74. The van der Waals surface area contributed by atoms with Crippen molar-refractivity contribution in [1.82, 2.24) is 15.0 Å². The third kappa shape index (κ3) is 3.03. The van der Waals surface area contributed by atoms with Gasteiger partial charge in [0, 0.05) is 47.9 Å². The average Bonchev–Trinajstić information content (AvgIpc) is 3.24. The van der Waals surface area contributed by atoms with Gasteiger partial charge in [0.05, 0.1) is 6.54 Å². The summed E-state index contributed by atoms with van der Waals surface area (Å²) in [6.45, 7) is 8.99. The van der Waals surface area contributed by atoms with E-state index in [1.165, 1.54) is 15.8 Å². The van der Waals surface area contributed by atoms with Crippen molar-refractivity contribution in [3.05, 3.63) is 41.4 Å². The highest BCUT2D eigenvalue weighted by Crippen LogP contribution is 2.31. The van der Waals surface area contributed by atoms with E-state index in [1.54, 1.807) is 0 Å². The van der Waals surface area contributed by atoms with Crippen LogP contribution >= 0.6 is 11.3 Å². The lowest BCUT2D eigenvalue weighted by molar-refractivity contribution is 0.215. The minimum Gasteiger partial charge on any atom is -0.368 e. The van der Waals surface area contributed by atoms with Gasteiger partial charge in [-0.1, -0.05) is 25.1 Å². The molecule has 1 aliphatic rings. The Hall–Kier alpha value is -1.92. The minimum absolute atomic E-state index is 0.311. The van der Waals surface area contributed by atoms with Crippen LogP contribution in [-0.4, -0.2) is 41.2 Å². The maximum Gasteiger partial charge on any atom is 0.240 e. The standard InChI is InChI=1S/C18H22N4OS/c1-13(2)18-19-17(23-20-18)12-21-7-9-22(10-8-21)15-4-3-5-16-14(15)6-11-24-16/h3-6,11,13H,7-10,12H2,1-2H3. The molecule has 0 atom stereocenters. The highest BCUT2D eigenvalue weighted by atomic mass is 32.1. The van der Waals surface area contributed by atoms with Gasteiger partial charge < -0.3 is 9.42 Å². The van der Waals surface area contributed by atoms with Crippen molar-refractivity contribution in [2.45, 2.75) is 26.3 Å². The fourth-order valence-electron chi connectivity index (χ4n) is 3.16. The maximum atomic E-state index is 5.37. The van der Waals surface area contributed by atoms with Crippen LogP contribution in [-0.2, 0) is 6.54 Å². The summed E-state index contributed by atoms with van der Waals surface area (Å²) in [6.07, 6.45) is 0. The quantitative estimate of drug-likeness (QED) is 0.723. The van der Waals surface area contributed by atoms with Gasteiger partial charge in [-0.15, -0.1) is 11.3 Å². The van der Waals surface area contributed by atoms with Crippen molar-refractivity contribution in [1.29, 1.82) is 0 Å². The monoisotopic (exact) mass is 342 g/mol. The third-order valence-corrected chi connectivity index (χ3v) is 5.43. The van der Waals surface area contributed by atoms with Crippen LogP contribution in [0.5, 0.6) is 0 Å². The molecule has 6 heteroatoms. The van der Waals surface area contributed by atoms with Crippen LogP contribution in [0.1, 0.15) is 31.5 Å². The summed E-state index contributed by atoms with van der Waals surface area (Å²) in [5, 5.41) is 7.59. The number of thiophene rings is 1. The minimum atomic E-state index is 0.311. The van der Waals surface area contributed by atoms with Crippen molar-refractivity contribution in [2.24, 2.45) is 0 Å². The fraction of sp³-hybridized carbons (Fsp3) is 0.444. The lowest BCUT2D eigenvalue weighted by Crippen LogP contribution is -2.46. The molecule has 1 aromatic carbocycles. The number of piperazine rings is 1. The molecule has 0 bridgehead atoms. The highest BCUT2D eigenvalue weighted by molar-refractivity contribution is 7.17. The smallest absolute Gasteiger partial charge is 0.240 e. The SMILES string of the molecule is CC(C)c1noc(CN2CCN(c3cccc4sccc34)CC2)n1. The molecule has 2 aromatic heterocycles. The molecule has 1 aliphatic heterocycles. The molecule has 1 saturated heterocycles. The van der Waals surface area contributed by atoms with Crippen LogP contribution in [0.15, 0.2) is 34.2 Å². The maximum absolute atomic E-state index is 5.37. The number of hydrogen-bond donors (Lipinski definition) is 0. The Balaban J connectivity index is 1.40. The second-order valence-corrected chi connectivity index (χ2v) is 7.52. The lowest BCUT2D eigenvalue weighted by Gasteiger charge is -2.35. The first-order valence-electron chi connectivity index (χ1n) is 8.47. The van der Waals surface area contributed by atoms with E-state index in [4.69, 9.17) is 4.52 Å². The Morgan fingerprint density at radius 2 is 2.00 bits per heavy atom. The van der Waals surface area contributed by atoms with E-state index in [9.17, 15) is 0 Å². The molecule has 0 amide bonds. The van der Waals surface area contributed by atoms with Gasteiger partial charge in [0.2, 0.25) is 5.89 Å². The molecule has 24 heavy (non-hydrogen) atoms. The van der Waals surface area contributed by atoms with Gasteiger partial charge in [-0.25, -0.2) is 0 Å². The topological polar surface area (TPSA) is 45.4 Å². The zero-order chi connectivity index (χ0) is 16.5. The molecule has 3 heterocycles. The Kier molecular flexibility index (Phi) is 4.24. The van der Waals surface area contributed by atoms with Gasteiger partial charge in [-0.05, 0) is 23.6 Å². The van der Waals surface area contributed by atoms with Gasteiger partial charge in [0.15, 0.2) is 5.82 Å². The molecular formula is C18H22N4OS. The molecule has 0 radical (unpaired) electrons. The zero-order valence-electron chi connectivity index (χ0n) is 14.1. The van der Waals surface area contributed by atoms with Crippen LogP contribution in [0, 0.1) is 0 Å². The van der Waals surface area contributed by atoms with Gasteiger partial charge in [-0.3, -0.25) is 4.90 Å². The predicted octanol–water partition coefficient (Wildman–Crippen LogP) is 3.73. The van der Waals surface area contributed by atoms with Crippen LogP contribution in [0.2, 0.25) is 0 Å². The number of aromatic nitrogens is 2. The van der Waals surface area contributed by atoms with Gasteiger partial charge in [0.25, 0.3) is 0 Å². The predicted molar refractivity (Wildman–Crippen MR) is 97.7 cm³/mol. The fourth-order valence-corrected chi connectivity index (χ4v) is 3.97. The number of rotatable bonds is 4. The first-order valence-corrected chi connectivity index (χ1v) is 9.34. The van der Waals surface area contributed by atoms with E-state index in [1.807, 2.05) is 11.3 Å². The van der Waals surface area contributed by atoms with Gasteiger partial charge in [-0.2, -0.15) is 4.98 Å². The van der Waals surface area contributed by atoms with E-state index < -0.39 is 0 Å². The van der Waals surface area contributed by atoms with Crippen molar-refractivity contribution < 1.29 is 4.52 Å². The summed E-state index contributed by atoms with van der Waals surface area (Å²) in [5.74, 6) is 1.84. The second-order valence-electron chi connectivity index (χ2n) is 6.57. The first-order chi connectivity index (χ1) is 11.7. The van der Waals surface area contributed by atoms with Gasteiger partial charge in [0.1, 0.15) is 0 Å². The van der Waals surface area contributed by atoms with Crippen molar-refractivity contribution >= 4 is 27.1 Å². The van der Waals surface area contributed by atoms with E-state index in [0.29, 0.717) is 5.92 Å². The number of benzene rings is 1. The second kappa shape index (κ2) is 6.53. The molecule has 0 spiro atoms. The molecule has 4 rings (SSSR count). The van der Waals surface area contributed by atoms with Crippen LogP contribution in [0.25, 0.3) is 10.1 Å². The Morgan fingerprint density at radius 3 is 2.75 bits per heavy atom. The van der Waals surface area contributed by atoms with Gasteiger partial charge >= 0.3 is 0 Å². The van der Waals surface area contributed by atoms with Crippen LogP contribution in [0.3, 0.4) is 0 Å². The average molecular weight is 342 g/mol. The first kappa shape index (κ1) is 15.6. The molecule has 3 aromatic rings. The number of hydrogen-bond acceptors (Lipinski definition) is 6. The normalized spacial score (nSPS) is 16.4. The molecular weight excluding hydrogens is 320 g/mol. The zero-order valence-corrected chi connectivity index (χ0v) is 14.9. The summed E-state index contributed by atoms with van der Waals surface area (Å²) in [4.78, 5) is 9.36. The number of nitrogens with zero attached hydrogens (tertiary/aromatic N) is 4. The summed E-state index contributed by atoms with van der Waals surface area (Å²) in [6, 6.07) is 8.82. The van der Waals surface area contributed by atoms with E-state index >= 15 is 0 Å². The van der Waals surface area contributed by atoms with Crippen molar-refractivity contribution in [3.63, 3.8) is 0 Å². The molecule has 5 nitrogen and oxygen atoms in total. The summed E-state index contributed by atoms with van der Waals surface area (Å²) in [7, 11) is 0.